The monoisotopic (exact) mass is 374 g/mol. The first-order valence-corrected chi connectivity index (χ1v) is 9.14. The molecule has 0 spiro atoms. The van der Waals surface area contributed by atoms with E-state index in [1.807, 2.05) is 36.6 Å². The second-order valence-electron chi connectivity index (χ2n) is 6.72. The van der Waals surface area contributed by atoms with Gasteiger partial charge in [-0.15, -0.1) is 0 Å². The van der Waals surface area contributed by atoms with E-state index in [1.165, 1.54) is 18.2 Å². The highest BCUT2D eigenvalue weighted by Gasteiger charge is 2.21. The van der Waals surface area contributed by atoms with Crippen LogP contribution in [0, 0.1) is 17.1 Å². The molecule has 1 aromatic carbocycles. The number of rotatable bonds is 2. The molecule has 3 aliphatic rings. The fourth-order valence-electron chi connectivity index (χ4n) is 3.44. The van der Waals surface area contributed by atoms with E-state index in [0.29, 0.717) is 11.1 Å². The maximum Gasteiger partial charge on any atom is 0.255 e. The number of nitrogens with one attached hydrogen (secondary N) is 1. The third-order valence-corrected chi connectivity index (χ3v) is 4.87. The van der Waals surface area contributed by atoms with Gasteiger partial charge in [-0.05, 0) is 47.6 Å². The average Bonchev–Trinajstić information content (AvgIpc) is 2.71. The summed E-state index contributed by atoms with van der Waals surface area (Å²) in [5.74, 6) is -0.721. The number of allylic oxidation sites excluding steroid dienone is 6. The van der Waals surface area contributed by atoms with Crippen molar-refractivity contribution < 1.29 is 9.18 Å². The molecule has 0 bridgehead atoms. The molecule has 1 saturated heterocycles. The van der Waals surface area contributed by atoms with Gasteiger partial charge in [0.2, 0.25) is 0 Å². The predicted octanol–water partition coefficient (Wildman–Crippen LogP) is 2.68. The summed E-state index contributed by atoms with van der Waals surface area (Å²) in [4.78, 5) is 16.8. The highest BCUT2D eigenvalue weighted by atomic mass is 19.1. The fraction of sp³-hybridized carbons (Fsp3) is 0.182. The molecule has 1 amide bonds. The van der Waals surface area contributed by atoms with Crippen molar-refractivity contribution in [2.24, 2.45) is 0 Å². The minimum Gasteiger partial charge on any atom is -0.368 e. The summed E-state index contributed by atoms with van der Waals surface area (Å²) in [6, 6.07) is 6.03. The fourth-order valence-corrected chi connectivity index (χ4v) is 3.44. The molecule has 0 saturated carbocycles. The first kappa shape index (κ1) is 18.0. The van der Waals surface area contributed by atoms with Gasteiger partial charge >= 0.3 is 0 Å². The summed E-state index contributed by atoms with van der Waals surface area (Å²) in [5.41, 5.74) is 3.04. The zero-order chi connectivity index (χ0) is 19.5. The van der Waals surface area contributed by atoms with Crippen molar-refractivity contribution in [1.29, 1.82) is 5.26 Å². The second-order valence-corrected chi connectivity index (χ2v) is 6.72. The Kier molecular flexibility index (Phi) is 4.92. The molecule has 140 valence electrons. The number of benzene rings is 1. The first-order valence-electron chi connectivity index (χ1n) is 9.14. The van der Waals surface area contributed by atoms with E-state index in [1.54, 1.807) is 17.0 Å². The highest BCUT2D eigenvalue weighted by molar-refractivity contribution is 6.00. The quantitative estimate of drug-likeness (QED) is 0.865. The maximum absolute atomic E-state index is 13.8. The molecule has 1 N–H and O–H groups in total. The lowest BCUT2D eigenvalue weighted by molar-refractivity contribution is -0.122. The number of fused-ring (bicyclic) bond motifs is 1. The Hall–Kier alpha value is -3.43. The Balaban J connectivity index is 1.68. The van der Waals surface area contributed by atoms with Gasteiger partial charge in [-0.2, -0.15) is 5.26 Å². The van der Waals surface area contributed by atoms with Crippen LogP contribution in [0.15, 0.2) is 72.2 Å². The number of amides is 1. The van der Waals surface area contributed by atoms with Crippen LogP contribution in [-0.4, -0.2) is 41.9 Å². The molecule has 0 atom stereocenters. The Bertz CT molecular complexity index is 1000. The Labute approximate surface area is 163 Å². The zero-order valence-electron chi connectivity index (χ0n) is 15.2. The number of halogens is 1. The van der Waals surface area contributed by atoms with Crippen molar-refractivity contribution in [2.75, 3.05) is 26.2 Å². The van der Waals surface area contributed by atoms with Crippen molar-refractivity contribution in [1.82, 2.24) is 15.1 Å². The molecule has 0 aliphatic carbocycles. The topological polar surface area (TPSA) is 59.4 Å². The zero-order valence-corrected chi connectivity index (χ0v) is 15.2. The number of piperazine rings is 1. The summed E-state index contributed by atoms with van der Waals surface area (Å²) in [6.45, 7) is 3.60. The van der Waals surface area contributed by atoms with Gasteiger partial charge in [0.1, 0.15) is 5.82 Å². The van der Waals surface area contributed by atoms with E-state index >= 15 is 0 Å². The highest BCUT2D eigenvalue weighted by Crippen LogP contribution is 2.26. The molecule has 6 heteroatoms. The van der Waals surface area contributed by atoms with Crippen LogP contribution in [-0.2, 0) is 4.79 Å². The molecular formula is C22H19FN4O. The third-order valence-electron chi connectivity index (χ3n) is 4.87. The summed E-state index contributed by atoms with van der Waals surface area (Å²) in [7, 11) is 0. The lowest BCUT2D eigenvalue weighted by atomic mass is 10.0. The molecule has 0 unspecified atom stereocenters. The van der Waals surface area contributed by atoms with Crippen molar-refractivity contribution in [3.63, 3.8) is 0 Å². The van der Waals surface area contributed by atoms with Crippen LogP contribution < -0.4 is 5.32 Å². The van der Waals surface area contributed by atoms with Gasteiger partial charge in [0.05, 0.1) is 17.3 Å². The lowest BCUT2D eigenvalue weighted by Crippen LogP contribution is -2.43. The molecule has 28 heavy (non-hydrogen) atoms. The Morgan fingerprint density at radius 3 is 2.64 bits per heavy atom. The van der Waals surface area contributed by atoms with Gasteiger partial charge in [0.15, 0.2) is 0 Å². The molecule has 0 aromatic heterocycles. The van der Waals surface area contributed by atoms with Crippen LogP contribution in [0.2, 0.25) is 0 Å². The standard InChI is InChI=1S/C22H19FN4O/c23-19-11-16(14-24)10-18(12-19)17-2-1-3-20-4-5-21(15-27(20)22(28)13-17)26-8-6-25-7-9-26/h1-5,10-13,15,25H,6-9H2/b2-1+,17-13+,20-3+. The van der Waals surface area contributed by atoms with Gasteiger partial charge in [0, 0.05) is 44.2 Å². The largest absolute Gasteiger partial charge is 0.368 e. The molecule has 0 radical (unpaired) electrons. The Morgan fingerprint density at radius 1 is 1.07 bits per heavy atom. The number of hydrogen-bond donors (Lipinski definition) is 1. The van der Waals surface area contributed by atoms with Gasteiger partial charge < -0.3 is 10.2 Å². The number of carbonyl (C=O) groups is 1. The molecule has 3 aliphatic heterocycles. The summed E-state index contributed by atoms with van der Waals surface area (Å²) < 4.78 is 13.8. The molecule has 4 rings (SSSR count). The van der Waals surface area contributed by atoms with Crippen LogP contribution >= 0.6 is 0 Å². The molecule has 3 heterocycles. The van der Waals surface area contributed by atoms with Crippen molar-refractivity contribution in [3.8, 4) is 6.07 Å². The van der Waals surface area contributed by atoms with Crippen LogP contribution in [0.3, 0.4) is 0 Å². The molecule has 1 aromatic rings. The molecule has 1 fully saturated rings. The van der Waals surface area contributed by atoms with Gasteiger partial charge in [-0.25, -0.2) is 4.39 Å². The van der Waals surface area contributed by atoms with Gasteiger partial charge in [0.25, 0.3) is 5.91 Å². The second kappa shape index (κ2) is 7.67. The van der Waals surface area contributed by atoms with Crippen LogP contribution in [0.5, 0.6) is 0 Å². The Morgan fingerprint density at radius 2 is 1.86 bits per heavy atom. The van der Waals surface area contributed by atoms with Crippen LogP contribution in [0.1, 0.15) is 11.1 Å². The third kappa shape index (κ3) is 3.66. The summed E-state index contributed by atoms with van der Waals surface area (Å²) in [6.07, 6.45) is 12.7. The minimum absolute atomic E-state index is 0.217. The average molecular weight is 374 g/mol. The van der Waals surface area contributed by atoms with Crippen molar-refractivity contribution in [3.05, 3.63) is 89.2 Å². The minimum atomic E-state index is -0.504. The number of carbonyl (C=O) groups excluding carboxylic acids is 1. The molecule has 5 nitrogen and oxygen atoms in total. The number of nitrogens with zero attached hydrogens (tertiary/aromatic N) is 3. The first-order chi connectivity index (χ1) is 13.6. The van der Waals surface area contributed by atoms with E-state index in [0.717, 1.165) is 37.6 Å². The van der Waals surface area contributed by atoms with Gasteiger partial charge in [-0.1, -0.05) is 12.2 Å². The van der Waals surface area contributed by atoms with E-state index < -0.39 is 5.82 Å². The van der Waals surface area contributed by atoms with Crippen molar-refractivity contribution in [2.45, 2.75) is 0 Å². The smallest absolute Gasteiger partial charge is 0.255 e. The lowest BCUT2D eigenvalue weighted by Gasteiger charge is -2.33. The predicted molar refractivity (Wildman–Crippen MR) is 105 cm³/mol. The van der Waals surface area contributed by atoms with E-state index in [-0.39, 0.29) is 11.5 Å². The van der Waals surface area contributed by atoms with Gasteiger partial charge in [-0.3, -0.25) is 9.69 Å². The van der Waals surface area contributed by atoms with Crippen LogP contribution in [0.4, 0.5) is 4.39 Å². The van der Waals surface area contributed by atoms with E-state index in [4.69, 9.17) is 5.26 Å². The maximum atomic E-state index is 13.8. The SMILES string of the molecule is N#Cc1cc(F)cc(C2=C\C(=O)N3C=C(N4CCNCC4)C=C\C3=C/C=C/2)c1. The number of hydrogen-bond acceptors (Lipinski definition) is 4. The van der Waals surface area contributed by atoms with Crippen LogP contribution in [0.25, 0.3) is 5.57 Å². The molecular weight excluding hydrogens is 355 g/mol. The summed E-state index contributed by atoms with van der Waals surface area (Å²) >= 11 is 0. The van der Waals surface area contributed by atoms with E-state index in [2.05, 4.69) is 10.2 Å². The van der Waals surface area contributed by atoms with E-state index in [9.17, 15) is 9.18 Å². The summed E-state index contributed by atoms with van der Waals surface area (Å²) in [5, 5.41) is 12.4. The number of nitriles is 1. The van der Waals surface area contributed by atoms with Crippen molar-refractivity contribution >= 4 is 11.5 Å². The normalized spacial score (nSPS) is 24.0.